The molecule has 0 radical (unpaired) electrons. The maximum Gasteiger partial charge on any atom is 0.185 e. The van der Waals surface area contributed by atoms with Gasteiger partial charge in [0.05, 0.1) is 0 Å². The molecule has 3 unspecified atom stereocenters. The largest absolute Gasteiger partial charge is 0.345 e. The number of thiazole rings is 1. The highest BCUT2D eigenvalue weighted by Gasteiger charge is 2.36. The second-order valence-electron chi connectivity index (χ2n) is 5.92. The monoisotopic (exact) mass is 279 g/mol. The van der Waals surface area contributed by atoms with Crippen LogP contribution in [0, 0.1) is 5.92 Å². The van der Waals surface area contributed by atoms with E-state index in [0.717, 1.165) is 18.5 Å². The van der Waals surface area contributed by atoms with E-state index in [2.05, 4.69) is 30.3 Å². The number of nitrogens with one attached hydrogen (secondary N) is 1. The molecule has 3 rings (SSSR count). The van der Waals surface area contributed by atoms with E-state index in [0.29, 0.717) is 6.04 Å². The van der Waals surface area contributed by atoms with Crippen molar-refractivity contribution in [2.24, 2.45) is 5.92 Å². The van der Waals surface area contributed by atoms with E-state index in [9.17, 15) is 0 Å². The highest BCUT2D eigenvalue weighted by molar-refractivity contribution is 7.15. The molecule has 0 spiro atoms. The molecule has 1 aliphatic heterocycles. The Hall–Kier alpha value is -0.610. The summed E-state index contributed by atoms with van der Waals surface area (Å²) in [5, 5.41) is 4.74. The average molecular weight is 279 g/mol. The summed E-state index contributed by atoms with van der Waals surface area (Å²) in [7, 11) is 0. The fourth-order valence-corrected chi connectivity index (χ4v) is 4.73. The minimum absolute atomic E-state index is 0.431. The van der Waals surface area contributed by atoms with Crippen LogP contribution in [0.3, 0.4) is 0 Å². The van der Waals surface area contributed by atoms with Crippen LogP contribution in [0.15, 0.2) is 6.20 Å². The SMILES string of the molecule is CCNC(C)c1cnc(N2CCCC3CCCC32)s1. The maximum absolute atomic E-state index is 4.71. The highest BCUT2D eigenvalue weighted by Crippen LogP contribution is 2.40. The van der Waals surface area contributed by atoms with Crippen molar-refractivity contribution >= 4 is 16.5 Å². The van der Waals surface area contributed by atoms with Gasteiger partial charge in [-0.15, -0.1) is 11.3 Å². The summed E-state index contributed by atoms with van der Waals surface area (Å²) in [6.45, 7) is 6.62. The molecule has 1 aromatic heterocycles. The number of rotatable bonds is 4. The quantitative estimate of drug-likeness (QED) is 0.913. The van der Waals surface area contributed by atoms with Crippen LogP contribution in [0.1, 0.15) is 56.9 Å². The molecule has 4 heteroatoms. The molecule has 1 saturated carbocycles. The lowest BCUT2D eigenvalue weighted by atomic mass is 9.92. The van der Waals surface area contributed by atoms with Gasteiger partial charge in [-0.25, -0.2) is 4.98 Å². The summed E-state index contributed by atoms with van der Waals surface area (Å²) in [4.78, 5) is 8.69. The molecule has 1 saturated heterocycles. The molecule has 2 fully saturated rings. The van der Waals surface area contributed by atoms with Crippen molar-refractivity contribution in [2.75, 3.05) is 18.0 Å². The van der Waals surface area contributed by atoms with E-state index in [1.165, 1.54) is 48.7 Å². The summed E-state index contributed by atoms with van der Waals surface area (Å²) in [5.41, 5.74) is 0. The first-order valence-electron chi connectivity index (χ1n) is 7.75. The first kappa shape index (κ1) is 13.4. The molecule has 2 heterocycles. The lowest BCUT2D eigenvalue weighted by molar-refractivity contribution is 0.362. The molecule has 2 aliphatic rings. The second-order valence-corrected chi connectivity index (χ2v) is 6.96. The van der Waals surface area contributed by atoms with Gasteiger partial charge in [0.1, 0.15) is 0 Å². The molecule has 1 aliphatic carbocycles. The molecule has 1 N–H and O–H groups in total. The van der Waals surface area contributed by atoms with Crippen molar-refractivity contribution in [1.82, 2.24) is 10.3 Å². The average Bonchev–Trinajstić information content (AvgIpc) is 3.07. The Kier molecular flexibility index (Phi) is 4.08. The molecule has 3 nitrogen and oxygen atoms in total. The van der Waals surface area contributed by atoms with Crippen LogP contribution in [-0.4, -0.2) is 24.1 Å². The van der Waals surface area contributed by atoms with Gasteiger partial charge in [-0.2, -0.15) is 0 Å². The zero-order chi connectivity index (χ0) is 13.2. The Morgan fingerprint density at radius 2 is 2.26 bits per heavy atom. The van der Waals surface area contributed by atoms with Crippen LogP contribution < -0.4 is 10.2 Å². The van der Waals surface area contributed by atoms with Gasteiger partial charge >= 0.3 is 0 Å². The van der Waals surface area contributed by atoms with Crippen molar-refractivity contribution in [3.8, 4) is 0 Å². The van der Waals surface area contributed by atoms with Gasteiger partial charge in [-0.3, -0.25) is 0 Å². The first-order valence-corrected chi connectivity index (χ1v) is 8.57. The molecule has 106 valence electrons. The van der Waals surface area contributed by atoms with Gasteiger partial charge in [-0.1, -0.05) is 13.3 Å². The zero-order valence-corrected chi connectivity index (χ0v) is 12.9. The number of fused-ring (bicyclic) bond motifs is 1. The molecule has 19 heavy (non-hydrogen) atoms. The number of nitrogens with zero attached hydrogens (tertiary/aromatic N) is 2. The van der Waals surface area contributed by atoms with Crippen molar-refractivity contribution < 1.29 is 0 Å². The minimum atomic E-state index is 0.431. The van der Waals surface area contributed by atoms with E-state index >= 15 is 0 Å². The predicted molar refractivity (Wildman–Crippen MR) is 81.9 cm³/mol. The number of piperidine rings is 1. The summed E-state index contributed by atoms with van der Waals surface area (Å²) in [6.07, 6.45) is 9.09. The van der Waals surface area contributed by atoms with Crippen LogP contribution in [0.25, 0.3) is 0 Å². The smallest absolute Gasteiger partial charge is 0.185 e. The van der Waals surface area contributed by atoms with Crippen molar-refractivity contribution in [2.45, 2.75) is 58.0 Å². The highest BCUT2D eigenvalue weighted by atomic mass is 32.1. The summed E-state index contributed by atoms with van der Waals surface area (Å²) >= 11 is 1.89. The van der Waals surface area contributed by atoms with Gasteiger partial charge in [0.2, 0.25) is 0 Å². The predicted octanol–water partition coefficient (Wildman–Crippen LogP) is 3.58. The Bertz CT molecular complexity index is 417. The third-order valence-corrected chi connectivity index (χ3v) is 5.90. The topological polar surface area (TPSA) is 28.2 Å². The minimum Gasteiger partial charge on any atom is -0.345 e. The number of hydrogen-bond acceptors (Lipinski definition) is 4. The van der Waals surface area contributed by atoms with Crippen LogP contribution in [0.5, 0.6) is 0 Å². The second kappa shape index (κ2) is 5.80. The maximum atomic E-state index is 4.71. The van der Waals surface area contributed by atoms with E-state index < -0.39 is 0 Å². The van der Waals surface area contributed by atoms with Crippen molar-refractivity contribution in [3.63, 3.8) is 0 Å². The number of anilines is 1. The summed E-state index contributed by atoms with van der Waals surface area (Å²) < 4.78 is 0. The fraction of sp³-hybridized carbons (Fsp3) is 0.800. The molecule has 0 aromatic carbocycles. The molecule has 0 amide bonds. The van der Waals surface area contributed by atoms with E-state index in [-0.39, 0.29) is 0 Å². The van der Waals surface area contributed by atoms with E-state index in [1.54, 1.807) is 0 Å². The van der Waals surface area contributed by atoms with Crippen LogP contribution in [0.4, 0.5) is 5.13 Å². The van der Waals surface area contributed by atoms with Crippen LogP contribution >= 0.6 is 11.3 Å². The van der Waals surface area contributed by atoms with Gasteiger partial charge in [0, 0.05) is 29.7 Å². The van der Waals surface area contributed by atoms with Gasteiger partial charge in [0.25, 0.3) is 0 Å². The van der Waals surface area contributed by atoms with E-state index in [1.807, 2.05) is 11.3 Å². The molecule has 1 aromatic rings. The molecule has 3 atom stereocenters. The molecule has 0 bridgehead atoms. The normalized spacial score (nSPS) is 28.4. The number of aromatic nitrogens is 1. The van der Waals surface area contributed by atoms with Gasteiger partial charge in [-0.05, 0) is 45.1 Å². The third kappa shape index (κ3) is 2.65. The van der Waals surface area contributed by atoms with Crippen molar-refractivity contribution in [3.05, 3.63) is 11.1 Å². The fourth-order valence-electron chi connectivity index (χ4n) is 3.71. The van der Waals surface area contributed by atoms with Crippen LogP contribution in [0.2, 0.25) is 0 Å². The van der Waals surface area contributed by atoms with Crippen molar-refractivity contribution in [1.29, 1.82) is 0 Å². The Morgan fingerprint density at radius 3 is 3.11 bits per heavy atom. The van der Waals surface area contributed by atoms with Crippen LogP contribution in [-0.2, 0) is 0 Å². The van der Waals surface area contributed by atoms with E-state index in [4.69, 9.17) is 4.98 Å². The molecular weight excluding hydrogens is 254 g/mol. The van der Waals surface area contributed by atoms with Gasteiger partial charge in [0.15, 0.2) is 5.13 Å². The van der Waals surface area contributed by atoms with Gasteiger partial charge < -0.3 is 10.2 Å². The molecular formula is C15H25N3S. The Morgan fingerprint density at radius 1 is 1.42 bits per heavy atom. The zero-order valence-electron chi connectivity index (χ0n) is 12.1. The lowest BCUT2D eigenvalue weighted by Gasteiger charge is -2.37. The standard InChI is InChI=1S/C15H25N3S/c1-3-16-11(2)14-10-17-15(19-14)18-9-5-7-12-6-4-8-13(12)18/h10-13,16H,3-9H2,1-2H3. The summed E-state index contributed by atoms with van der Waals surface area (Å²) in [5.74, 6) is 0.937. The Labute approximate surface area is 120 Å². The Balaban J connectivity index is 1.74. The lowest BCUT2D eigenvalue weighted by Crippen LogP contribution is -2.42. The first-order chi connectivity index (χ1) is 9.29. The number of hydrogen-bond donors (Lipinski definition) is 1. The summed E-state index contributed by atoms with van der Waals surface area (Å²) in [6, 6.07) is 1.21. The third-order valence-electron chi connectivity index (χ3n) is 4.69.